The second-order valence-corrected chi connectivity index (χ2v) is 27.5. The molecule has 16 heteroatoms. The van der Waals surface area contributed by atoms with Crippen molar-refractivity contribution in [3.8, 4) is 0 Å². The van der Waals surface area contributed by atoms with E-state index in [1.165, 1.54) is 76.9 Å². The van der Waals surface area contributed by atoms with Gasteiger partial charge in [-0.05, 0) is 94.3 Å². The topological polar surface area (TPSA) is 151 Å². The molecular weight excluding hydrogens is 1520 g/mol. The maximum absolute atomic E-state index is 12.8. The smallest absolute Gasteiger partial charge is 0.349 e. The van der Waals surface area contributed by atoms with Crippen LogP contribution in [0.2, 0.25) is 0 Å². The second-order valence-electron chi connectivity index (χ2n) is 27.5. The fourth-order valence-corrected chi connectivity index (χ4v) is 13.2. The number of cyclic esters (lactones) is 4. The predicted molar refractivity (Wildman–Crippen MR) is 412 cm³/mol. The van der Waals surface area contributed by atoms with E-state index in [4.69, 9.17) is 18.9 Å². The van der Waals surface area contributed by atoms with Crippen LogP contribution in [-0.2, 0) is 65.9 Å². The molecule has 5 aliphatic rings. The molecule has 0 unspecified atom stereocenters. The van der Waals surface area contributed by atoms with Crippen molar-refractivity contribution in [3.63, 3.8) is 0 Å². The zero-order chi connectivity index (χ0) is 72.9. The molecule has 0 atom stereocenters. The lowest BCUT2D eigenvalue weighted by molar-refractivity contribution is -0.439. The highest BCUT2D eigenvalue weighted by molar-refractivity contribution is 6.15. The Kier molecular flexibility index (Phi) is 29.9. The molecule has 0 spiro atoms. The SMILES string of the molecule is C(=Nc1ccccc1)Nc1ccccc1.CC1(c2ccccc2)OC(=O)CC(=O)O1.CCCCN1/C(=C/C=C2C(=O)OC(C)(c3ccccc3)OC2=O)C(C)(C)c2ccccc21.CCCC[N+]1=C(/C=C/Nc2ccccc2)C(C)(C)c2ccccc21.CCCC[N+]1=C(C)C(C)(C)c2ccccc21.[I-].[I-]. The normalized spacial score (nSPS) is 17.8. The quantitative estimate of drug-likeness (QED) is 0.0123. The highest BCUT2D eigenvalue weighted by atomic mass is 127. The number of ether oxygens (including phenoxy) is 4. The lowest BCUT2D eigenvalue weighted by Gasteiger charge is -2.33. The van der Waals surface area contributed by atoms with Crippen LogP contribution in [0.15, 0.2) is 265 Å². The number of nitrogens with zero attached hydrogens (tertiary/aromatic N) is 4. The highest BCUT2D eigenvalue weighted by Crippen LogP contribution is 2.48. The number of hydrogen-bond donors (Lipinski definition) is 2. The summed E-state index contributed by atoms with van der Waals surface area (Å²) in [5.74, 6) is -5.20. The van der Waals surface area contributed by atoms with Gasteiger partial charge in [-0.1, -0.05) is 224 Å². The number of unbranched alkanes of at least 4 members (excludes halogenated alkanes) is 3. The summed E-state index contributed by atoms with van der Waals surface area (Å²) in [4.78, 5) is 54.4. The number of para-hydroxylation sites is 6. The molecule has 544 valence electrons. The number of fused-ring (bicyclic) bond motifs is 3. The minimum absolute atomic E-state index is 0. The minimum Gasteiger partial charge on any atom is -1.00 e. The Labute approximate surface area is 650 Å². The summed E-state index contributed by atoms with van der Waals surface area (Å²) in [6.07, 6.45) is 16.1. The molecule has 2 saturated heterocycles. The summed E-state index contributed by atoms with van der Waals surface area (Å²) in [6.45, 7) is 28.8. The number of halogens is 2. The molecule has 8 aromatic rings. The van der Waals surface area contributed by atoms with Crippen LogP contribution in [0.3, 0.4) is 0 Å². The maximum Gasteiger partial charge on any atom is 0.349 e. The summed E-state index contributed by atoms with van der Waals surface area (Å²) in [6, 6.07) is 73.9. The number of anilines is 3. The fraction of sp³-hybridized carbons (Fsp3) is 0.307. The summed E-state index contributed by atoms with van der Waals surface area (Å²) < 4.78 is 26.2. The lowest BCUT2D eigenvalue weighted by atomic mass is 9.81. The fourth-order valence-electron chi connectivity index (χ4n) is 13.2. The number of carbonyl (C=O) groups excluding carboxylic acids is 4. The van der Waals surface area contributed by atoms with Crippen molar-refractivity contribution in [3.05, 3.63) is 288 Å². The molecule has 2 N–H and O–H groups in total. The Morgan fingerprint density at radius 3 is 1.40 bits per heavy atom. The average molecular weight is 1620 g/mol. The van der Waals surface area contributed by atoms with Gasteiger partial charge in [0.05, 0.1) is 22.9 Å². The first-order valence-electron chi connectivity index (χ1n) is 35.7. The first-order valence-corrected chi connectivity index (χ1v) is 35.7. The van der Waals surface area contributed by atoms with E-state index in [2.05, 4.69) is 184 Å². The van der Waals surface area contributed by atoms with Crippen molar-refractivity contribution in [1.29, 1.82) is 0 Å². The standard InChI is InChI=1S/C27H29NO4.C22H26N2.C15H22N.C13H12N2.C11H10O4.2HI/c1-5-6-18-28-22-15-11-10-14-21(22)26(2,3)23(28)17-16-20-24(29)31-27(4,32-25(20)30)19-12-8-7-9-13-19;1-4-5-17-24-20-14-10-9-13-19(20)22(2,3)21(24)15-16-23-18-11-7-6-8-12-18;1-5-6-11-16-12(2)15(3,4)13-9-7-8-10-14(13)16;1-3-7-12(8-4-1)14-11-15-13-9-5-2-6-10-13;1-11(8-5-3-2-4-6-8)14-9(12)7-10(13)15-11;;/h7-17H,5-6,18H2,1-4H3;6-16H,4-5,17H2,1-3H3;7-10H,5-6,11H2,1-4H3;1-11H,(H,14,15);2-6H,7H2,1H3;2*1H/q;;+1;;;;/p-1/b20-16?,23-17+;;;;;;. The third-order valence-electron chi connectivity index (χ3n) is 19.1. The van der Waals surface area contributed by atoms with Gasteiger partial charge >= 0.3 is 23.9 Å². The molecule has 14 nitrogen and oxygen atoms in total. The molecule has 0 amide bonds. The molecule has 2 fully saturated rings. The molecule has 0 radical (unpaired) electrons. The molecule has 0 bridgehead atoms. The Morgan fingerprint density at radius 1 is 0.462 bits per heavy atom. The van der Waals surface area contributed by atoms with Gasteiger partial charge in [0.2, 0.25) is 11.4 Å². The third kappa shape index (κ3) is 20.2. The zero-order valence-electron chi connectivity index (χ0n) is 62.1. The Balaban J connectivity index is 0.000000188. The molecule has 13 rings (SSSR count). The van der Waals surface area contributed by atoms with Gasteiger partial charge < -0.3 is 82.4 Å². The number of benzene rings is 8. The van der Waals surface area contributed by atoms with Crippen LogP contribution in [0.4, 0.5) is 34.1 Å². The van der Waals surface area contributed by atoms with E-state index in [9.17, 15) is 19.2 Å². The van der Waals surface area contributed by atoms with Crippen LogP contribution in [0.25, 0.3) is 0 Å². The van der Waals surface area contributed by atoms with Gasteiger partial charge in [-0.3, -0.25) is 9.59 Å². The summed E-state index contributed by atoms with van der Waals surface area (Å²) in [5.41, 5.74) is 16.2. The van der Waals surface area contributed by atoms with Crippen LogP contribution in [0.1, 0.15) is 156 Å². The second kappa shape index (κ2) is 38.0. The van der Waals surface area contributed by atoms with Crippen molar-refractivity contribution < 1.29 is 95.2 Å². The number of nitrogens with one attached hydrogen (secondary N) is 2. The molecule has 0 aromatic heterocycles. The van der Waals surface area contributed by atoms with Gasteiger partial charge in [0, 0.05) is 115 Å². The van der Waals surface area contributed by atoms with Crippen molar-refractivity contribution in [2.45, 2.75) is 156 Å². The van der Waals surface area contributed by atoms with Crippen LogP contribution in [0.5, 0.6) is 0 Å². The van der Waals surface area contributed by atoms with Gasteiger partial charge in [-0.2, -0.15) is 9.15 Å². The number of rotatable bonds is 18. The lowest BCUT2D eigenvalue weighted by Crippen LogP contribution is -3.00. The number of allylic oxidation sites excluding steroid dienone is 4. The number of aliphatic imine (C=N–C) groups is 1. The molecular formula is C88H100I2N6O8. The molecule has 5 heterocycles. The molecule has 104 heavy (non-hydrogen) atoms. The summed E-state index contributed by atoms with van der Waals surface area (Å²) in [5, 5.41) is 6.49. The Morgan fingerprint density at radius 2 is 0.885 bits per heavy atom. The van der Waals surface area contributed by atoms with Crippen molar-refractivity contribution in [2.75, 3.05) is 35.2 Å². The van der Waals surface area contributed by atoms with E-state index in [1.807, 2.05) is 121 Å². The van der Waals surface area contributed by atoms with E-state index in [0.29, 0.717) is 11.1 Å². The van der Waals surface area contributed by atoms with E-state index < -0.39 is 35.5 Å². The molecule has 0 aliphatic carbocycles. The summed E-state index contributed by atoms with van der Waals surface area (Å²) in [7, 11) is 0. The van der Waals surface area contributed by atoms with Crippen LogP contribution < -0.4 is 63.5 Å². The van der Waals surface area contributed by atoms with Crippen LogP contribution in [-0.4, -0.2) is 70.4 Å². The van der Waals surface area contributed by atoms with Gasteiger partial charge in [-0.15, -0.1) is 0 Å². The van der Waals surface area contributed by atoms with Gasteiger partial charge in [0.15, 0.2) is 11.4 Å². The minimum atomic E-state index is -1.43. The first-order chi connectivity index (χ1) is 49.1. The van der Waals surface area contributed by atoms with Gasteiger partial charge in [0.25, 0.3) is 11.6 Å². The molecule has 8 aromatic carbocycles. The first kappa shape index (κ1) is 82.0. The van der Waals surface area contributed by atoms with Crippen LogP contribution in [0, 0.1) is 0 Å². The van der Waals surface area contributed by atoms with E-state index in [-0.39, 0.29) is 76.2 Å². The van der Waals surface area contributed by atoms with Crippen LogP contribution >= 0.6 is 0 Å². The number of hydrogen-bond acceptors (Lipinski definition) is 11. The van der Waals surface area contributed by atoms with Crippen molar-refractivity contribution in [2.24, 2.45) is 4.99 Å². The summed E-state index contributed by atoms with van der Waals surface area (Å²) >= 11 is 0. The van der Waals surface area contributed by atoms with E-state index in [0.717, 1.165) is 55.2 Å². The molecule has 5 aliphatic heterocycles. The zero-order valence-corrected chi connectivity index (χ0v) is 66.4. The average Bonchev–Trinajstić information content (AvgIpc) is 1.57. The van der Waals surface area contributed by atoms with E-state index in [1.54, 1.807) is 56.6 Å². The van der Waals surface area contributed by atoms with Crippen molar-refractivity contribution in [1.82, 2.24) is 0 Å². The Hall–Kier alpha value is -9.27. The van der Waals surface area contributed by atoms with Gasteiger partial charge in [0.1, 0.15) is 25.1 Å². The third-order valence-corrected chi connectivity index (χ3v) is 19.1. The molecule has 0 saturated carbocycles. The number of esters is 4. The maximum atomic E-state index is 12.8. The highest BCUT2D eigenvalue weighted by Gasteiger charge is 2.47. The van der Waals surface area contributed by atoms with Gasteiger partial charge in [-0.25, -0.2) is 14.6 Å². The Bertz CT molecular complexity index is 4340. The number of carbonyl (C=O) groups is 4. The largest absolute Gasteiger partial charge is 1.00 e. The van der Waals surface area contributed by atoms with Crippen molar-refractivity contribution >= 4 is 75.8 Å². The predicted octanol–water partition coefficient (Wildman–Crippen LogP) is 13.6. The van der Waals surface area contributed by atoms with E-state index >= 15 is 0 Å². The monoisotopic (exact) mass is 1620 g/mol.